The molecule has 0 bridgehead atoms. The number of halogens is 17. The Balaban J connectivity index is 3.72. The van der Waals surface area contributed by atoms with E-state index in [1.54, 1.807) is 0 Å². The van der Waals surface area contributed by atoms with Gasteiger partial charge in [0.15, 0.2) is 0 Å². The second-order valence-corrected chi connectivity index (χ2v) is 15.7. The van der Waals surface area contributed by atoms with Crippen molar-refractivity contribution in [1.29, 1.82) is 0 Å². The van der Waals surface area contributed by atoms with Crippen molar-refractivity contribution in [3.05, 3.63) is 0 Å². The molecule has 0 aromatic carbocycles. The summed E-state index contributed by atoms with van der Waals surface area (Å²) in [6, 6.07) is 0. The van der Waals surface area contributed by atoms with Crippen molar-refractivity contribution in [2.75, 3.05) is 66.2 Å². The Morgan fingerprint density at radius 2 is 0.725 bits per heavy atom. The summed E-state index contributed by atoms with van der Waals surface area (Å²) in [5.41, 5.74) is 0. The molecule has 1 aliphatic heterocycles. The van der Waals surface area contributed by atoms with Crippen LogP contribution in [0.3, 0.4) is 0 Å². The van der Waals surface area contributed by atoms with Crippen molar-refractivity contribution in [3.63, 3.8) is 0 Å². The summed E-state index contributed by atoms with van der Waals surface area (Å²) < 4.78 is 266. The Bertz CT molecular complexity index is 1200. The third kappa shape index (κ3) is 21.0. The maximum atomic E-state index is 14.5. The quantitative estimate of drug-likeness (QED) is 0.0690. The van der Waals surface area contributed by atoms with Gasteiger partial charge in [0.05, 0.1) is 33.0 Å². The SMILES string of the molecule is [O-]P1(OCC(F)(F)CCOC(F)(F)F)=NP(OCCF)(OCCF)=NP(OCC(F)(F)CCOC(F)(F)F)(OCC(F)(F)CCOC(F)(F)F)=N1. The number of hydrogen-bond donors (Lipinski definition) is 0. The molecule has 0 aromatic heterocycles. The van der Waals surface area contributed by atoms with Crippen molar-refractivity contribution in [2.45, 2.75) is 56.1 Å². The molecule has 1 heterocycles. The highest BCUT2D eigenvalue weighted by Gasteiger charge is 2.45. The monoisotopic (exact) mass is 856 g/mol. The molecule has 0 N–H and O–H groups in total. The first-order valence-corrected chi connectivity index (χ1v) is 17.8. The highest BCUT2D eigenvalue weighted by Crippen LogP contribution is 2.78. The maximum absolute atomic E-state index is 14.5. The largest absolute Gasteiger partial charge is 0.777 e. The summed E-state index contributed by atoms with van der Waals surface area (Å²) in [4.78, 5) is 13.6. The molecule has 1 rings (SSSR count). The van der Waals surface area contributed by atoms with E-state index in [0.717, 1.165) is 0 Å². The van der Waals surface area contributed by atoms with Gasteiger partial charge in [0.25, 0.3) is 17.8 Å². The van der Waals surface area contributed by atoms with Crippen LogP contribution >= 0.6 is 23.0 Å². The maximum Gasteiger partial charge on any atom is 0.522 e. The third-order valence-electron chi connectivity index (χ3n) is 4.88. The zero-order valence-corrected chi connectivity index (χ0v) is 27.7. The van der Waals surface area contributed by atoms with Gasteiger partial charge >= 0.3 is 34.4 Å². The second-order valence-electron chi connectivity index (χ2n) is 9.31. The summed E-state index contributed by atoms with van der Waals surface area (Å²) >= 11 is 0. The smallest absolute Gasteiger partial charge is 0.522 e. The lowest BCUT2D eigenvalue weighted by atomic mass is 10.3. The van der Waals surface area contributed by atoms with Gasteiger partial charge in [0, 0.05) is 19.3 Å². The van der Waals surface area contributed by atoms with Crippen LogP contribution in [-0.2, 0) is 36.8 Å². The molecule has 0 fully saturated rings. The summed E-state index contributed by atoms with van der Waals surface area (Å²) in [5, 5.41) is 0. The van der Waals surface area contributed by atoms with Crippen molar-refractivity contribution in [2.24, 2.45) is 13.5 Å². The van der Waals surface area contributed by atoms with Gasteiger partial charge in [-0.25, -0.2) is 35.1 Å². The van der Waals surface area contributed by atoms with E-state index in [0.29, 0.717) is 0 Å². The molecule has 1 atom stereocenters. The lowest BCUT2D eigenvalue weighted by Gasteiger charge is -2.37. The molecule has 1 aliphatic rings. The Morgan fingerprint density at radius 1 is 0.412 bits per heavy atom. The lowest BCUT2D eigenvalue weighted by molar-refractivity contribution is -0.328. The van der Waals surface area contributed by atoms with Crippen LogP contribution in [0.15, 0.2) is 13.5 Å². The predicted octanol–water partition coefficient (Wildman–Crippen LogP) is 8.91. The highest BCUT2D eigenvalue weighted by atomic mass is 31.3. The van der Waals surface area contributed by atoms with E-state index in [9.17, 15) is 79.5 Å². The zero-order valence-electron chi connectivity index (χ0n) is 25.0. The third-order valence-corrected chi connectivity index (χ3v) is 12.7. The van der Waals surface area contributed by atoms with Gasteiger partial charge in [-0.15, -0.1) is 44.0 Å². The van der Waals surface area contributed by atoms with Crippen LogP contribution in [0.25, 0.3) is 0 Å². The number of alkyl halides is 17. The van der Waals surface area contributed by atoms with E-state index < -0.39 is 145 Å². The average Bonchev–Trinajstić information content (AvgIpc) is 2.94. The van der Waals surface area contributed by atoms with Crippen molar-refractivity contribution < 1.29 is 116 Å². The molecule has 0 aliphatic carbocycles. The normalized spacial score (nSPS) is 20.1. The van der Waals surface area contributed by atoms with E-state index >= 15 is 0 Å². The molecular formula is C19H26F17N3O9P3-. The van der Waals surface area contributed by atoms with Crippen molar-refractivity contribution in [3.8, 4) is 0 Å². The average molecular weight is 856 g/mol. The van der Waals surface area contributed by atoms with Gasteiger partial charge in [0.2, 0.25) is 0 Å². The van der Waals surface area contributed by atoms with Gasteiger partial charge < -0.3 is 18.5 Å². The summed E-state index contributed by atoms with van der Waals surface area (Å²) in [6.45, 7) is -17.7. The molecule has 0 spiro atoms. The first-order valence-electron chi connectivity index (χ1n) is 13.2. The fourth-order valence-electron chi connectivity index (χ4n) is 2.82. The van der Waals surface area contributed by atoms with E-state index in [2.05, 4.69) is 41.3 Å². The van der Waals surface area contributed by atoms with Gasteiger partial charge in [0.1, 0.15) is 40.8 Å². The van der Waals surface area contributed by atoms with E-state index in [4.69, 9.17) is 9.05 Å². The van der Waals surface area contributed by atoms with Gasteiger partial charge in [-0.2, -0.15) is 9.03 Å². The molecule has 0 radical (unpaired) electrons. The Hall–Kier alpha value is -0.860. The minimum Gasteiger partial charge on any atom is -0.777 e. The molecule has 12 nitrogen and oxygen atoms in total. The van der Waals surface area contributed by atoms with E-state index in [1.807, 2.05) is 0 Å². The van der Waals surface area contributed by atoms with Crippen LogP contribution in [0, 0.1) is 0 Å². The highest BCUT2D eigenvalue weighted by molar-refractivity contribution is 7.77. The van der Waals surface area contributed by atoms with E-state index in [-0.39, 0.29) is 0 Å². The summed E-state index contributed by atoms with van der Waals surface area (Å²) in [5.74, 6) is -13.4. The zero-order chi connectivity index (χ0) is 39.5. The van der Waals surface area contributed by atoms with Crippen LogP contribution < -0.4 is 4.89 Å². The first-order chi connectivity index (χ1) is 23.0. The summed E-state index contributed by atoms with van der Waals surface area (Å²) in [7, 11) is -16.9. The molecule has 306 valence electrons. The molecule has 0 amide bonds. The molecule has 32 heteroatoms. The molecule has 0 aromatic rings. The second kappa shape index (κ2) is 19.1. The predicted molar refractivity (Wildman–Crippen MR) is 134 cm³/mol. The van der Waals surface area contributed by atoms with E-state index in [1.165, 1.54) is 0 Å². The molecule has 0 saturated carbocycles. The van der Waals surface area contributed by atoms with Crippen LogP contribution in [0.1, 0.15) is 19.3 Å². The van der Waals surface area contributed by atoms with Gasteiger partial charge in [-0.1, -0.05) is 0 Å². The van der Waals surface area contributed by atoms with Gasteiger partial charge in [-0.3, -0.25) is 23.3 Å². The van der Waals surface area contributed by atoms with Crippen molar-refractivity contribution in [1.82, 2.24) is 0 Å². The number of nitrogens with zero attached hydrogens (tertiary/aromatic N) is 3. The molecule has 1 unspecified atom stereocenters. The molecule has 51 heavy (non-hydrogen) atoms. The van der Waals surface area contributed by atoms with Crippen molar-refractivity contribution >= 4 is 23.0 Å². The Labute approximate surface area is 275 Å². The Morgan fingerprint density at radius 3 is 1.04 bits per heavy atom. The summed E-state index contributed by atoms with van der Waals surface area (Å²) in [6.07, 6.45) is -21.8. The standard InChI is InChI=1S/C19H26F17N3O9P3/c20-4-9-44-50(45-10-5-21)37-49(40,46-11-14(22,23)1-6-41-17(28,29)30)38-51(39-50,47-12-15(24,25)2-7-42-18(31,32)33)48-13-16(26,27)3-8-43-19(34,35)36/h1-13H2/q-1. The van der Waals surface area contributed by atoms with Crippen LogP contribution in [-0.4, -0.2) is 103 Å². The Kier molecular flexibility index (Phi) is 18.1. The van der Waals surface area contributed by atoms with Crippen LogP contribution in [0.2, 0.25) is 0 Å². The van der Waals surface area contributed by atoms with Crippen LogP contribution in [0.5, 0.6) is 0 Å². The number of hydrogen-bond acceptors (Lipinski definition) is 12. The fraction of sp³-hybridized carbons (Fsp3) is 1.00. The number of ether oxygens (including phenoxy) is 3. The lowest BCUT2D eigenvalue weighted by Crippen LogP contribution is -2.29. The minimum absolute atomic E-state index is 1.26. The first kappa shape index (κ1) is 48.2. The van der Waals surface area contributed by atoms with Gasteiger partial charge in [-0.05, 0) is 0 Å². The van der Waals surface area contributed by atoms with Crippen LogP contribution in [0.4, 0.5) is 74.6 Å². The minimum atomic E-state index is -5.92. The topological polar surface area (TPSA) is 134 Å². The molecular weight excluding hydrogens is 830 g/mol. The molecule has 0 saturated heterocycles. The fourth-order valence-corrected chi connectivity index (χ4v) is 11.5. The number of rotatable bonds is 24.